The first kappa shape index (κ1) is 30.4. The smallest absolute Gasteiger partial charge is 0.264 e. The fraction of sp³-hybridized carbons (Fsp3) is 0.355. The fourth-order valence-electron chi connectivity index (χ4n) is 4.89. The summed E-state index contributed by atoms with van der Waals surface area (Å²) in [6.07, 6.45) is 3.95. The van der Waals surface area contributed by atoms with Crippen LogP contribution in [0.5, 0.6) is 5.75 Å². The highest BCUT2D eigenvalue weighted by Crippen LogP contribution is 2.27. The Morgan fingerprint density at radius 2 is 1.61 bits per heavy atom. The number of sulfonamides is 1. The Morgan fingerprint density at radius 1 is 0.976 bits per heavy atom. The Hall–Kier alpha value is -3.56. The van der Waals surface area contributed by atoms with Crippen molar-refractivity contribution >= 4 is 39.1 Å². The van der Waals surface area contributed by atoms with Crippen LogP contribution in [0.3, 0.4) is 0 Å². The van der Waals surface area contributed by atoms with Gasteiger partial charge >= 0.3 is 0 Å². The predicted molar refractivity (Wildman–Crippen MR) is 160 cm³/mol. The van der Waals surface area contributed by atoms with Gasteiger partial charge in [-0.3, -0.25) is 13.9 Å². The Labute approximate surface area is 247 Å². The monoisotopic (exact) mass is 597 g/mol. The summed E-state index contributed by atoms with van der Waals surface area (Å²) >= 11 is 6.01. The van der Waals surface area contributed by atoms with Crippen LogP contribution in [0.15, 0.2) is 83.8 Å². The number of carbonyl (C=O) groups excluding carboxylic acids is 2. The van der Waals surface area contributed by atoms with Crippen LogP contribution in [-0.4, -0.2) is 50.4 Å². The molecule has 2 amide bonds. The predicted octanol–water partition coefficient (Wildman–Crippen LogP) is 5.41. The Kier molecular flexibility index (Phi) is 10.3. The highest BCUT2D eigenvalue weighted by molar-refractivity contribution is 7.92. The zero-order valence-electron chi connectivity index (χ0n) is 23.3. The molecule has 8 nitrogen and oxygen atoms in total. The molecule has 1 saturated carbocycles. The Bertz CT molecular complexity index is 1410. The Morgan fingerprint density at radius 3 is 2.22 bits per heavy atom. The maximum atomic E-state index is 14.0. The molecule has 218 valence electrons. The lowest BCUT2D eigenvalue weighted by Gasteiger charge is -2.32. The van der Waals surface area contributed by atoms with Crippen molar-refractivity contribution < 1.29 is 22.7 Å². The third-order valence-electron chi connectivity index (χ3n) is 7.18. The van der Waals surface area contributed by atoms with Crippen molar-refractivity contribution in [2.75, 3.05) is 17.5 Å². The number of carbonyl (C=O) groups is 2. The van der Waals surface area contributed by atoms with Crippen molar-refractivity contribution in [3.05, 3.63) is 89.4 Å². The van der Waals surface area contributed by atoms with Crippen LogP contribution in [0, 0.1) is 0 Å². The van der Waals surface area contributed by atoms with Crippen LogP contribution in [-0.2, 0) is 26.2 Å². The van der Waals surface area contributed by atoms with Crippen LogP contribution >= 0.6 is 11.6 Å². The molecule has 0 radical (unpaired) electrons. The SMILES string of the molecule is CCOc1ccc(N(CC(=O)N(Cc2ccccc2)[C@@H](C)C(=O)NC2CCCC2)S(=O)(=O)c2ccc(Cl)cc2)cc1. The average molecular weight is 598 g/mol. The van der Waals surface area contributed by atoms with Gasteiger partial charge in [0.2, 0.25) is 11.8 Å². The molecule has 0 spiro atoms. The molecule has 3 aromatic rings. The highest BCUT2D eigenvalue weighted by atomic mass is 35.5. The molecular formula is C31H36ClN3O5S. The van der Waals surface area contributed by atoms with E-state index in [0.717, 1.165) is 35.6 Å². The van der Waals surface area contributed by atoms with Gasteiger partial charge in [-0.25, -0.2) is 8.42 Å². The molecular weight excluding hydrogens is 562 g/mol. The second-order valence-electron chi connectivity index (χ2n) is 10.1. The molecule has 0 bridgehead atoms. The number of benzene rings is 3. The van der Waals surface area contributed by atoms with Crippen molar-refractivity contribution in [2.24, 2.45) is 0 Å². The van der Waals surface area contributed by atoms with E-state index < -0.39 is 28.5 Å². The van der Waals surface area contributed by atoms with Gasteiger partial charge in [0.1, 0.15) is 18.3 Å². The first-order chi connectivity index (χ1) is 19.7. The van der Waals surface area contributed by atoms with Crippen LogP contribution in [0.25, 0.3) is 0 Å². The zero-order valence-corrected chi connectivity index (χ0v) is 24.9. The number of ether oxygens (including phenoxy) is 1. The number of rotatable bonds is 12. The minimum absolute atomic E-state index is 0.00906. The van der Waals surface area contributed by atoms with Gasteiger partial charge in [-0.1, -0.05) is 54.8 Å². The summed E-state index contributed by atoms with van der Waals surface area (Å²) in [7, 11) is -4.18. The maximum absolute atomic E-state index is 14.0. The standard InChI is InChI=1S/C31H36ClN3O5S/c1-3-40-28-17-15-27(16-18-28)35(41(38,39)29-19-13-25(32)14-20-29)22-30(36)34(21-24-9-5-4-6-10-24)23(2)31(37)33-26-11-7-8-12-26/h4-6,9-10,13-20,23,26H,3,7-8,11-12,21-22H2,1-2H3,(H,33,37)/t23-/m0/s1. The average Bonchev–Trinajstić information content (AvgIpc) is 3.48. The molecule has 0 heterocycles. The van der Waals surface area contributed by atoms with Gasteiger partial charge in [0.25, 0.3) is 10.0 Å². The molecule has 10 heteroatoms. The molecule has 1 aliphatic rings. The molecule has 0 aromatic heterocycles. The number of hydrogen-bond donors (Lipinski definition) is 1. The van der Waals surface area contributed by atoms with Gasteiger partial charge in [0.05, 0.1) is 17.2 Å². The molecule has 4 rings (SSSR count). The van der Waals surface area contributed by atoms with Crippen molar-refractivity contribution in [3.8, 4) is 5.75 Å². The summed E-state index contributed by atoms with van der Waals surface area (Å²) in [6, 6.07) is 20.9. The van der Waals surface area contributed by atoms with Crippen molar-refractivity contribution in [1.82, 2.24) is 10.2 Å². The third-order valence-corrected chi connectivity index (χ3v) is 9.22. The van der Waals surface area contributed by atoms with Crippen molar-refractivity contribution in [2.45, 2.75) is 63.1 Å². The molecule has 1 aliphatic carbocycles. The quantitative estimate of drug-likeness (QED) is 0.301. The number of amides is 2. The normalized spacial score (nSPS) is 14.3. The van der Waals surface area contributed by atoms with Gasteiger partial charge < -0.3 is 15.0 Å². The zero-order chi connectivity index (χ0) is 29.4. The van der Waals surface area contributed by atoms with E-state index in [-0.39, 0.29) is 23.4 Å². The van der Waals surface area contributed by atoms with E-state index in [1.807, 2.05) is 37.3 Å². The van der Waals surface area contributed by atoms with Crippen LogP contribution in [0.2, 0.25) is 5.02 Å². The molecule has 3 aromatic carbocycles. The number of halogens is 1. The number of nitrogens with zero attached hydrogens (tertiary/aromatic N) is 2. The van der Waals surface area contributed by atoms with E-state index in [9.17, 15) is 18.0 Å². The van der Waals surface area contributed by atoms with E-state index in [2.05, 4.69) is 5.32 Å². The Balaban J connectivity index is 1.67. The fourth-order valence-corrected chi connectivity index (χ4v) is 6.43. The van der Waals surface area contributed by atoms with E-state index in [0.29, 0.717) is 23.1 Å². The second-order valence-corrected chi connectivity index (χ2v) is 12.4. The molecule has 1 N–H and O–H groups in total. The maximum Gasteiger partial charge on any atom is 0.264 e. The van der Waals surface area contributed by atoms with E-state index in [1.165, 1.54) is 29.2 Å². The van der Waals surface area contributed by atoms with Crippen LogP contribution in [0.1, 0.15) is 45.1 Å². The van der Waals surface area contributed by atoms with E-state index in [1.54, 1.807) is 31.2 Å². The second kappa shape index (κ2) is 13.9. The first-order valence-electron chi connectivity index (χ1n) is 13.8. The van der Waals surface area contributed by atoms with Gasteiger partial charge in [-0.15, -0.1) is 0 Å². The summed E-state index contributed by atoms with van der Waals surface area (Å²) < 4.78 is 34.4. The third kappa shape index (κ3) is 7.80. The summed E-state index contributed by atoms with van der Waals surface area (Å²) in [5.74, 6) is -0.182. The summed E-state index contributed by atoms with van der Waals surface area (Å²) in [4.78, 5) is 28.7. The number of hydrogen-bond acceptors (Lipinski definition) is 5. The minimum atomic E-state index is -4.18. The van der Waals surface area contributed by atoms with Crippen LogP contribution < -0.4 is 14.4 Å². The molecule has 1 atom stereocenters. The molecule has 41 heavy (non-hydrogen) atoms. The molecule has 0 aliphatic heterocycles. The lowest BCUT2D eigenvalue weighted by molar-refractivity contribution is -0.139. The van der Waals surface area contributed by atoms with Gasteiger partial charge in [-0.2, -0.15) is 0 Å². The van der Waals surface area contributed by atoms with Gasteiger partial charge in [0, 0.05) is 17.6 Å². The summed E-state index contributed by atoms with van der Waals surface area (Å²) in [5, 5.41) is 3.47. The lowest BCUT2D eigenvalue weighted by Crippen LogP contribution is -2.52. The first-order valence-corrected chi connectivity index (χ1v) is 15.7. The van der Waals surface area contributed by atoms with Crippen LogP contribution in [0.4, 0.5) is 5.69 Å². The number of nitrogens with one attached hydrogen (secondary N) is 1. The molecule has 0 unspecified atom stereocenters. The molecule has 1 fully saturated rings. The summed E-state index contributed by atoms with van der Waals surface area (Å²) in [6.45, 7) is 3.64. The lowest BCUT2D eigenvalue weighted by atomic mass is 10.1. The molecule has 0 saturated heterocycles. The van der Waals surface area contributed by atoms with E-state index in [4.69, 9.17) is 16.3 Å². The topological polar surface area (TPSA) is 96.0 Å². The summed E-state index contributed by atoms with van der Waals surface area (Å²) in [5.41, 5.74) is 1.12. The highest BCUT2D eigenvalue weighted by Gasteiger charge is 2.33. The van der Waals surface area contributed by atoms with Crippen molar-refractivity contribution in [3.63, 3.8) is 0 Å². The van der Waals surface area contributed by atoms with Gasteiger partial charge in [0.15, 0.2) is 0 Å². The van der Waals surface area contributed by atoms with Crippen molar-refractivity contribution in [1.29, 1.82) is 0 Å². The minimum Gasteiger partial charge on any atom is -0.494 e. The number of anilines is 1. The van der Waals surface area contributed by atoms with E-state index >= 15 is 0 Å². The van der Waals surface area contributed by atoms with Gasteiger partial charge in [-0.05, 0) is 80.8 Å². The largest absolute Gasteiger partial charge is 0.494 e.